The second kappa shape index (κ2) is 10.7. The van der Waals surface area contributed by atoms with Crippen molar-refractivity contribution in [3.05, 3.63) is 96.1 Å². The summed E-state index contributed by atoms with van der Waals surface area (Å²) in [4.78, 5) is 30.1. The lowest BCUT2D eigenvalue weighted by molar-refractivity contribution is 0.0221. The maximum Gasteiger partial charge on any atom is 0.307 e. The zero-order chi connectivity index (χ0) is 29.8. The van der Waals surface area contributed by atoms with Crippen LogP contribution in [0.15, 0.2) is 84.9 Å². The smallest absolute Gasteiger partial charge is 0.287 e. The van der Waals surface area contributed by atoms with Gasteiger partial charge in [-0.25, -0.2) is 0 Å². The maximum absolute atomic E-state index is 13.4. The van der Waals surface area contributed by atoms with Gasteiger partial charge in [0, 0.05) is 63.6 Å². The summed E-state index contributed by atoms with van der Waals surface area (Å²) in [7, 11) is 0. The standard InChI is InChI=1S/C32H20F4O2S4/c1-31(33,34)29(37)19-7-3-17(4-8-19)21-11-13-23(39-21)25-15-27-28(41-25)16-26(42-27)24-14-12-22(40-24)18-5-9-20(10-6-18)30(38)32(2,35)36/h3-16H,1-2H3. The van der Waals surface area contributed by atoms with Crippen LogP contribution < -0.4 is 0 Å². The van der Waals surface area contributed by atoms with Crippen molar-refractivity contribution >= 4 is 66.3 Å². The highest BCUT2D eigenvalue weighted by molar-refractivity contribution is 7.33. The Hall–Kier alpha value is -3.44. The quantitative estimate of drug-likeness (QED) is 0.123. The minimum atomic E-state index is -3.40. The van der Waals surface area contributed by atoms with Gasteiger partial charge in [-0.1, -0.05) is 48.5 Å². The molecule has 0 fully saturated rings. The monoisotopic (exact) mass is 640 g/mol. The molecule has 0 atom stereocenters. The lowest BCUT2D eigenvalue weighted by Crippen LogP contribution is -2.24. The van der Waals surface area contributed by atoms with Gasteiger partial charge in [0.25, 0.3) is 0 Å². The molecule has 0 spiro atoms. The lowest BCUT2D eigenvalue weighted by Gasteiger charge is -2.08. The topological polar surface area (TPSA) is 34.1 Å². The fourth-order valence-corrected chi connectivity index (χ4v) is 8.99. The summed E-state index contributed by atoms with van der Waals surface area (Å²) >= 11 is 6.60. The molecule has 0 unspecified atom stereocenters. The Labute approximate surface area is 254 Å². The molecular formula is C32H20F4O2S4. The molecule has 2 aromatic carbocycles. The van der Waals surface area contributed by atoms with E-state index in [1.165, 1.54) is 33.7 Å². The summed E-state index contributed by atoms with van der Waals surface area (Å²) in [5.41, 5.74) is 1.70. The number of thiophene rings is 4. The average Bonchev–Trinajstić information content (AvgIpc) is 3.74. The molecule has 0 N–H and O–H groups in total. The van der Waals surface area contributed by atoms with Gasteiger partial charge in [-0.15, -0.1) is 45.3 Å². The molecule has 42 heavy (non-hydrogen) atoms. The molecule has 2 nitrogen and oxygen atoms in total. The lowest BCUT2D eigenvalue weighted by atomic mass is 10.0. The minimum Gasteiger partial charge on any atom is -0.287 e. The number of hydrogen-bond acceptors (Lipinski definition) is 6. The maximum atomic E-state index is 13.4. The number of carbonyl (C=O) groups is 2. The summed E-state index contributed by atoms with van der Waals surface area (Å²) in [6, 6.07) is 25.0. The number of fused-ring (bicyclic) bond motifs is 1. The summed E-state index contributed by atoms with van der Waals surface area (Å²) in [5, 5.41) is 0. The number of ketones is 2. The molecule has 212 valence electrons. The SMILES string of the molecule is CC(F)(F)C(=O)c1ccc(-c2ccc(-c3cc4sc(-c5ccc(-c6ccc(C(=O)C(C)(F)F)cc6)s5)cc4s3)s2)cc1. The van der Waals surface area contributed by atoms with Crippen LogP contribution >= 0.6 is 45.3 Å². The molecule has 0 bridgehead atoms. The van der Waals surface area contributed by atoms with Gasteiger partial charge in [0.2, 0.25) is 11.6 Å². The molecule has 0 saturated heterocycles. The number of alkyl halides is 4. The van der Waals surface area contributed by atoms with Gasteiger partial charge < -0.3 is 0 Å². The van der Waals surface area contributed by atoms with Gasteiger partial charge in [0.1, 0.15) is 0 Å². The number of hydrogen-bond donors (Lipinski definition) is 0. The highest BCUT2D eigenvalue weighted by Gasteiger charge is 2.33. The molecule has 0 aliphatic rings. The first-order valence-corrected chi connectivity index (χ1v) is 15.9. The number of carbonyl (C=O) groups excluding carboxylic acids is 2. The number of rotatable bonds is 8. The molecule has 0 aliphatic carbocycles. The first-order valence-electron chi connectivity index (χ1n) is 12.7. The summed E-state index contributed by atoms with van der Waals surface area (Å²) in [6.07, 6.45) is 0. The number of Topliss-reactive ketones (excluding diaryl/α,β-unsaturated/α-hetero) is 2. The van der Waals surface area contributed by atoms with Crippen molar-refractivity contribution in [3.63, 3.8) is 0 Å². The molecular weight excluding hydrogens is 621 g/mol. The van der Waals surface area contributed by atoms with Gasteiger partial charge in [-0.3, -0.25) is 9.59 Å². The van der Waals surface area contributed by atoms with Crippen LogP contribution in [0.2, 0.25) is 0 Å². The van der Waals surface area contributed by atoms with E-state index < -0.39 is 23.4 Å². The normalized spacial score (nSPS) is 12.2. The molecule has 6 aromatic rings. The van der Waals surface area contributed by atoms with Crippen molar-refractivity contribution in [1.29, 1.82) is 0 Å². The summed E-state index contributed by atoms with van der Waals surface area (Å²) < 4.78 is 55.8. The largest absolute Gasteiger partial charge is 0.307 e. The van der Waals surface area contributed by atoms with E-state index in [0.717, 1.165) is 40.4 Å². The zero-order valence-electron chi connectivity index (χ0n) is 22.0. The summed E-state index contributed by atoms with van der Waals surface area (Å²) in [5.74, 6) is -9.18. The molecule has 10 heteroatoms. The van der Waals surface area contributed by atoms with Gasteiger partial charge in [0.15, 0.2) is 0 Å². The third-order valence-corrected chi connectivity index (χ3v) is 11.5. The number of halogens is 4. The Bertz CT molecular complexity index is 1760. The van der Waals surface area contributed by atoms with E-state index in [1.54, 1.807) is 69.6 Å². The van der Waals surface area contributed by atoms with E-state index in [0.29, 0.717) is 13.8 Å². The van der Waals surface area contributed by atoms with Crippen LogP contribution in [0.25, 0.3) is 49.8 Å². The minimum absolute atomic E-state index is 0.0103. The van der Waals surface area contributed by atoms with Crippen molar-refractivity contribution in [1.82, 2.24) is 0 Å². The van der Waals surface area contributed by atoms with Gasteiger partial charge >= 0.3 is 11.8 Å². The van der Waals surface area contributed by atoms with Crippen molar-refractivity contribution in [2.75, 3.05) is 0 Å². The van der Waals surface area contributed by atoms with Crippen LogP contribution in [-0.4, -0.2) is 23.4 Å². The highest BCUT2D eigenvalue weighted by atomic mass is 32.1. The van der Waals surface area contributed by atoms with E-state index in [2.05, 4.69) is 12.1 Å². The fraction of sp³-hybridized carbons (Fsp3) is 0.125. The molecule has 4 heterocycles. The van der Waals surface area contributed by atoms with Crippen LogP contribution in [0.5, 0.6) is 0 Å². The first kappa shape index (κ1) is 28.7. The predicted octanol–water partition coefficient (Wildman–Crippen LogP) is 11.4. The Morgan fingerprint density at radius 3 is 1.14 bits per heavy atom. The van der Waals surface area contributed by atoms with Crippen molar-refractivity contribution < 1.29 is 27.2 Å². The average molecular weight is 641 g/mol. The van der Waals surface area contributed by atoms with Crippen LogP contribution in [0.4, 0.5) is 17.6 Å². The highest BCUT2D eigenvalue weighted by Crippen LogP contribution is 2.46. The van der Waals surface area contributed by atoms with Crippen molar-refractivity contribution in [2.24, 2.45) is 0 Å². The van der Waals surface area contributed by atoms with E-state index in [9.17, 15) is 27.2 Å². The van der Waals surface area contributed by atoms with Gasteiger partial charge in [-0.05, 0) is 47.5 Å². The van der Waals surface area contributed by atoms with E-state index in [-0.39, 0.29) is 11.1 Å². The van der Waals surface area contributed by atoms with E-state index in [4.69, 9.17) is 0 Å². The third kappa shape index (κ3) is 5.64. The number of benzene rings is 2. The van der Waals surface area contributed by atoms with Crippen LogP contribution in [0, 0.1) is 0 Å². The Morgan fingerprint density at radius 2 is 0.810 bits per heavy atom. The van der Waals surface area contributed by atoms with Gasteiger partial charge in [-0.2, -0.15) is 17.6 Å². The second-order valence-electron chi connectivity index (χ2n) is 9.87. The van der Waals surface area contributed by atoms with Crippen LogP contribution in [-0.2, 0) is 0 Å². The van der Waals surface area contributed by atoms with Crippen LogP contribution in [0.3, 0.4) is 0 Å². The third-order valence-electron chi connectivity index (χ3n) is 6.57. The zero-order valence-corrected chi connectivity index (χ0v) is 25.3. The van der Waals surface area contributed by atoms with Gasteiger partial charge in [0.05, 0.1) is 0 Å². The van der Waals surface area contributed by atoms with Crippen molar-refractivity contribution in [3.8, 4) is 40.4 Å². The molecule has 0 radical (unpaired) electrons. The molecule has 6 rings (SSSR count). The molecule has 4 aromatic heterocycles. The first-order chi connectivity index (χ1) is 19.9. The second-order valence-corrected chi connectivity index (χ2v) is 14.2. The molecule has 0 saturated carbocycles. The Morgan fingerprint density at radius 1 is 0.476 bits per heavy atom. The van der Waals surface area contributed by atoms with E-state index >= 15 is 0 Å². The van der Waals surface area contributed by atoms with Crippen LogP contribution in [0.1, 0.15) is 34.6 Å². The van der Waals surface area contributed by atoms with E-state index in [1.807, 2.05) is 24.3 Å². The predicted molar refractivity (Wildman–Crippen MR) is 167 cm³/mol. The summed E-state index contributed by atoms with van der Waals surface area (Å²) in [6.45, 7) is 1.21. The Balaban J connectivity index is 1.18. The molecule has 0 aliphatic heterocycles. The van der Waals surface area contributed by atoms with Crippen molar-refractivity contribution in [2.45, 2.75) is 25.7 Å². The fourth-order valence-electron chi connectivity index (χ4n) is 4.41. The Kier molecular flexibility index (Phi) is 7.29. The molecule has 0 amide bonds.